The van der Waals surface area contributed by atoms with Crippen molar-refractivity contribution in [2.75, 3.05) is 27.3 Å². The van der Waals surface area contributed by atoms with Gasteiger partial charge in [-0.25, -0.2) is 19.6 Å². The van der Waals surface area contributed by atoms with Gasteiger partial charge in [-0.3, -0.25) is 14.6 Å². The summed E-state index contributed by atoms with van der Waals surface area (Å²) in [6.07, 6.45) is 9.53. The number of fused-ring (bicyclic) bond motifs is 5. The van der Waals surface area contributed by atoms with E-state index in [1.54, 1.807) is 6.20 Å². The molecule has 2 saturated heterocycles. The Labute approximate surface area is 360 Å². The van der Waals surface area contributed by atoms with Gasteiger partial charge in [0.1, 0.15) is 34.8 Å². The van der Waals surface area contributed by atoms with Crippen LogP contribution in [-0.2, 0) is 30.1 Å². The van der Waals surface area contributed by atoms with Crippen LogP contribution in [0.1, 0.15) is 77.9 Å². The third-order valence-electron chi connectivity index (χ3n) is 14.0. The molecule has 9 rings (SSSR count). The normalized spacial score (nSPS) is 23.6. The van der Waals surface area contributed by atoms with Crippen LogP contribution in [0.3, 0.4) is 0 Å². The average Bonchev–Trinajstić information content (AvgIpc) is 4.16. The van der Waals surface area contributed by atoms with E-state index >= 15 is 0 Å². The van der Waals surface area contributed by atoms with E-state index in [9.17, 15) is 19.2 Å². The number of ether oxygens (including phenoxy) is 2. The van der Waals surface area contributed by atoms with Crippen LogP contribution in [0.15, 0.2) is 67.1 Å². The van der Waals surface area contributed by atoms with E-state index in [2.05, 4.69) is 63.1 Å². The smallest absolute Gasteiger partial charge is 0.407 e. The van der Waals surface area contributed by atoms with Gasteiger partial charge in [-0.15, -0.1) is 0 Å². The van der Waals surface area contributed by atoms with E-state index in [1.165, 1.54) is 14.2 Å². The molecular formula is C47H55N9O6. The van der Waals surface area contributed by atoms with E-state index in [0.717, 1.165) is 94.7 Å². The summed E-state index contributed by atoms with van der Waals surface area (Å²) in [5, 5.41) is 6.52. The van der Waals surface area contributed by atoms with Crippen molar-refractivity contribution in [2.45, 2.75) is 89.4 Å². The molecule has 2 aromatic carbocycles. The van der Waals surface area contributed by atoms with Crippen LogP contribution >= 0.6 is 0 Å². The number of alkyl carbamates (subject to hydrolysis) is 2. The number of methoxy groups -OCH3 is 2. The zero-order valence-electron chi connectivity index (χ0n) is 36.2. The van der Waals surface area contributed by atoms with Crippen molar-refractivity contribution in [3.05, 3.63) is 78.8 Å². The molecule has 4 N–H and O–H groups in total. The predicted molar refractivity (Wildman–Crippen MR) is 232 cm³/mol. The Balaban J connectivity index is 0.966. The summed E-state index contributed by atoms with van der Waals surface area (Å²) in [7, 11) is 2.61. The SMILES string of the molecule is COC(=O)N[C@H](C(=O)N1C[C@H]2CCC1(c1ncc(-c3ccc(-c4ccc(-c5cnc([C@]67CC[C@H](CN6C(=O)[C@@H](NC(=O)OC)C(C)C)C7)[nH]5)c5ncccc45)cc3)[nH]1)C2)C(C)C. The van der Waals surface area contributed by atoms with Gasteiger partial charge < -0.3 is 39.9 Å². The number of nitrogens with one attached hydrogen (secondary N) is 4. The number of H-pyrrole nitrogens is 2. The molecule has 324 valence electrons. The Hall–Kier alpha value is -6.25. The summed E-state index contributed by atoms with van der Waals surface area (Å²) in [4.78, 5) is 78.2. The molecule has 3 aromatic heterocycles. The molecule has 15 heteroatoms. The number of carbonyl (C=O) groups excluding carboxylic acids is 4. The lowest BCUT2D eigenvalue weighted by Crippen LogP contribution is -2.56. The molecule has 5 heterocycles. The Bertz CT molecular complexity index is 2530. The number of hydrogen-bond donors (Lipinski definition) is 4. The number of likely N-dealkylation sites (tertiary alicyclic amines) is 2. The first-order valence-electron chi connectivity index (χ1n) is 21.8. The summed E-state index contributed by atoms with van der Waals surface area (Å²) < 4.78 is 9.68. The molecule has 1 unspecified atom stereocenters. The summed E-state index contributed by atoms with van der Waals surface area (Å²) in [5.74, 6) is 1.80. The van der Waals surface area contributed by atoms with Crippen molar-refractivity contribution in [3.63, 3.8) is 0 Å². The number of benzene rings is 2. The quantitative estimate of drug-likeness (QED) is 0.107. The van der Waals surface area contributed by atoms with Crippen LogP contribution in [0.5, 0.6) is 0 Å². The first-order valence-corrected chi connectivity index (χ1v) is 21.8. The lowest BCUT2D eigenvalue weighted by Gasteiger charge is -2.40. The first kappa shape index (κ1) is 41.1. The summed E-state index contributed by atoms with van der Waals surface area (Å²) in [5.41, 5.74) is 5.32. The molecule has 0 radical (unpaired) electrons. The van der Waals surface area contributed by atoms with E-state index < -0.39 is 35.3 Å². The second-order valence-electron chi connectivity index (χ2n) is 18.3. The summed E-state index contributed by atoms with van der Waals surface area (Å²) in [6, 6.07) is 15.2. The van der Waals surface area contributed by atoms with Crippen LogP contribution in [0.25, 0.3) is 44.5 Å². The van der Waals surface area contributed by atoms with Crippen LogP contribution in [0, 0.1) is 23.7 Å². The van der Waals surface area contributed by atoms with E-state index in [0.29, 0.717) is 24.9 Å². The maximum atomic E-state index is 14.1. The third kappa shape index (κ3) is 6.85. The molecule has 5 aromatic rings. The maximum absolute atomic E-state index is 14.1. The minimum atomic E-state index is -0.711. The highest BCUT2D eigenvalue weighted by Crippen LogP contribution is 2.54. The van der Waals surface area contributed by atoms with Crippen LogP contribution in [0.4, 0.5) is 9.59 Å². The molecular weight excluding hydrogens is 787 g/mol. The zero-order valence-corrected chi connectivity index (χ0v) is 36.2. The van der Waals surface area contributed by atoms with Crippen LogP contribution in [0.2, 0.25) is 0 Å². The minimum absolute atomic E-state index is 0.110. The topological polar surface area (TPSA) is 188 Å². The highest BCUT2D eigenvalue weighted by molar-refractivity contribution is 6.02. The fourth-order valence-corrected chi connectivity index (χ4v) is 10.8. The Morgan fingerprint density at radius 3 is 1.69 bits per heavy atom. The highest BCUT2D eigenvalue weighted by Gasteiger charge is 2.58. The van der Waals surface area contributed by atoms with Gasteiger partial charge in [0.05, 0.1) is 43.5 Å². The third-order valence-corrected chi connectivity index (χ3v) is 14.0. The zero-order chi connectivity index (χ0) is 43.5. The number of piperidine rings is 2. The highest BCUT2D eigenvalue weighted by atomic mass is 16.5. The number of amides is 4. The van der Waals surface area contributed by atoms with Crippen molar-refractivity contribution in [2.24, 2.45) is 23.7 Å². The Kier molecular flexibility index (Phi) is 10.5. The largest absolute Gasteiger partial charge is 0.453 e. The fourth-order valence-electron chi connectivity index (χ4n) is 10.8. The van der Waals surface area contributed by atoms with Gasteiger partial charge in [-0.05, 0) is 91.0 Å². The summed E-state index contributed by atoms with van der Waals surface area (Å²) >= 11 is 0. The van der Waals surface area contributed by atoms with E-state index in [4.69, 9.17) is 24.4 Å². The molecule has 2 aliphatic heterocycles. The second kappa shape index (κ2) is 15.9. The number of nitrogens with zero attached hydrogens (tertiary/aromatic N) is 5. The number of aromatic amines is 2. The molecule has 4 bridgehead atoms. The Morgan fingerprint density at radius 1 is 0.677 bits per heavy atom. The molecule has 4 amide bonds. The van der Waals surface area contributed by atoms with Gasteiger partial charge in [-0.1, -0.05) is 64.1 Å². The lowest BCUT2D eigenvalue weighted by molar-refractivity contribution is -0.141. The number of imidazole rings is 2. The minimum Gasteiger partial charge on any atom is -0.453 e. The molecule has 15 nitrogen and oxygen atoms in total. The van der Waals surface area contributed by atoms with Gasteiger partial charge >= 0.3 is 12.2 Å². The van der Waals surface area contributed by atoms with Gasteiger partial charge in [0.25, 0.3) is 0 Å². The van der Waals surface area contributed by atoms with Gasteiger partial charge in [0.2, 0.25) is 11.8 Å². The van der Waals surface area contributed by atoms with Gasteiger partial charge in [0.15, 0.2) is 0 Å². The van der Waals surface area contributed by atoms with Crippen molar-refractivity contribution in [3.8, 4) is 33.6 Å². The second-order valence-corrected chi connectivity index (χ2v) is 18.3. The summed E-state index contributed by atoms with van der Waals surface area (Å²) in [6.45, 7) is 8.95. The fraction of sp³-hybridized carbons (Fsp3) is 0.468. The van der Waals surface area contributed by atoms with Crippen molar-refractivity contribution in [1.82, 2.24) is 45.4 Å². The number of rotatable bonds is 11. The molecule has 62 heavy (non-hydrogen) atoms. The number of carbonyl (C=O) groups is 4. The van der Waals surface area contributed by atoms with Crippen molar-refractivity contribution in [1.29, 1.82) is 0 Å². The predicted octanol–water partition coefficient (Wildman–Crippen LogP) is 7.12. The molecule has 4 aliphatic rings. The molecule has 0 spiro atoms. The lowest BCUT2D eigenvalue weighted by atomic mass is 9.93. The van der Waals surface area contributed by atoms with E-state index in [1.807, 2.05) is 56.0 Å². The first-order chi connectivity index (χ1) is 29.8. The Morgan fingerprint density at radius 2 is 1.18 bits per heavy atom. The van der Waals surface area contributed by atoms with E-state index in [-0.39, 0.29) is 23.7 Å². The maximum Gasteiger partial charge on any atom is 0.407 e. The monoisotopic (exact) mass is 841 g/mol. The molecule has 4 fully saturated rings. The number of hydrogen-bond acceptors (Lipinski definition) is 9. The molecule has 2 aliphatic carbocycles. The van der Waals surface area contributed by atoms with Gasteiger partial charge in [-0.2, -0.15) is 0 Å². The van der Waals surface area contributed by atoms with Crippen LogP contribution in [-0.4, -0.2) is 98.1 Å². The van der Waals surface area contributed by atoms with Crippen LogP contribution < -0.4 is 10.6 Å². The average molecular weight is 842 g/mol. The standard InChI is InChI=1S/C47H55N9O6/c1-26(2)37(53-44(59)61-5)40(57)55-24-28-15-17-46(55,20-28)42-49-22-35(51-42)31-11-9-30(10-12-31)32-13-14-34(39-33(32)8-7-19-48-39)36-23-50-43(52-36)47-18-16-29(21-47)25-56(47)41(58)38(27(3)4)54-45(60)62-6/h7-14,19,22-23,26-29,37-38H,15-18,20-21,24-25H2,1-6H3,(H,49,51)(H,50,52)(H,53,59)(H,54,60)/t28-,29-,37-,38-,46?,47+/m0/s1. The molecule has 6 atom stereocenters. The number of aromatic nitrogens is 5. The van der Waals surface area contributed by atoms with Crippen molar-refractivity contribution >= 4 is 34.9 Å². The van der Waals surface area contributed by atoms with Crippen molar-refractivity contribution < 1.29 is 28.7 Å². The van der Waals surface area contributed by atoms with Gasteiger partial charge in [0, 0.05) is 30.2 Å². The molecule has 2 saturated carbocycles. The number of pyridine rings is 1.